The molecule has 1 aromatic rings. The number of rotatable bonds is 4. The van der Waals surface area contributed by atoms with Gasteiger partial charge in [0, 0.05) is 24.8 Å². The molecule has 2 N–H and O–H groups in total. The van der Waals surface area contributed by atoms with E-state index in [9.17, 15) is 0 Å². The molecule has 0 spiro atoms. The summed E-state index contributed by atoms with van der Waals surface area (Å²) in [6.45, 7) is 2.63. The predicted octanol–water partition coefficient (Wildman–Crippen LogP) is 3.05. The maximum Gasteiger partial charge on any atom is 0.144 e. The summed E-state index contributed by atoms with van der Waals surface area (Å²) in [5.41, 5.74) is 7.81. The highest BCUT2D eigenvalue weighted by molar-refractivity contribution is 5.62. The van der Waals surface area contributed by atoms with Gasteiger partial charge in [0.15, 0.2) is 0 Å². The smallest absolute Gasteiger partial charge is 0.144 e. The van der Waals surface area contributed by atoms with E-state index in [1.54, 1.807) is 0 Å². The molecule has 0 unspecified atom stereocenters. The van der Waals surface area contributed by atoms with Crippen LogP contribution in [0.2, 0.25) is 0 Å². The van der Waals surface area contributed by atoms with Crippen molar-refractivity contribution in [2.45, 2.75) is 38.6 Å². The van der Waals surface area contributed by atoms with E-state index >= 15 is 0 Å². The number of hydrogen-bond donors (Lipinski definition) is 1. The minimum atomic E-state index is 0.654. The zero-order valence-corrected chi connectivity index (χ0v) is 10.8. The molecule has 2 rings (SSSR count). The van der Waals surface area contributed by atoms with Crippen LogP contribution in [0.15, 0.2) is 18.2 Å². The van der Waals surface area contributed by atoms with Gasteiger partial charge in [0.05, 0.1) is 12.3 Å². The fourth-order valence-electron chi connectivity index (χ4n) is 2.53. The molecule has 0 atom stereocenters. The first-order chi connectivity index (χ1) is 8.22. The molecule has 1 aromatic carbocycles. The first-order valence-electron chi connectivity index (χ1n) is 6.47. The van der Waals surface area contributed by atoms with E-state index in [4.69, 9.17) is 10.5 Å². The van der Waals surface area contributed by atoms with Gasteiger partial charge in [-0.05, 0) is 31.9 Å². The van der Waals surface area contributed by atoms with Crippen LogP contribution >= 0.6 is 0 Å². The molecule has 17 heavy (non-hydrogen) atoms. The highest BCUT2D eigenvalue weighted by Gasteiger charge is 2.20. The summed E-state index contributed by atoms with van der Waals surface area (Å²) in [6, 6.07) is 6.74. The van der Waals surface area contributed by atoms with Gasteiger partial charge in [0.1, 0.15) is 5.75 Å². The van der Waals surface area contributed by atoms with Gasteiger partial charge in [0.25, 0.3) is 0 Å². The van der Waals surface area contributed by atoms with E-state index in [1.807, 2.05) is 13.0 Å². The minimum absolute atomic E-state index is 0.654. The molecule has 0 bridgehead atoms. The minimum Gasteiger partial charge on any atom is -0.492 e. The number of nitrogens with two attached hydrogens (primary N) is 1. The Morgan fingerprint density at radius 1 is 1.35 bits per heavy atom. The van der Waals surface area contributed by atoms with Crippen molar-refractivity contribution in [2.24, 2.45) is 0 Å². The lowest BCUT2D eigenvalue weighted by atomic mass is 10.2. The van der Waals surface area contributed by atoms with Gasteiger partial charge in [-0.1, -0.05) is 12.8 Å². The molecule has 94 valence electrons. The van der Waals surface area contributed by atoms with Crippen LogP contribution < -0.4 is 15.4 Å². The summed E-state index contributed by atoms with van der Waals surface area (Å²) in [5, 5.41) is 0. The molecule has 1 fully saturated rings. The molecule has 0 saturated heterocycles. The Hall–Kier alpha value is -1.38. The Labute approximate surface area is 104 Å². The number of nitrogen functional groups attached to an aromatic ring is 1. The Morgan fingerprint density at radius 3 is 2.71 bits per heavy atom. The largest absolute Gasteiger partial charge is 0.492 e. The lowest BCUT2D eigenvalue weighted by Gasteiger charge is -2.27. The number of ether oxygens (including phenoxy) is 1. The third-order valence-corrected chi connectivity index (χ3v) is 3.58. The fourth-order valence-corrected chi connectivity index (χ4v) is 2.53. The average Bonchev–Trinajstić information content (AvgIpc) is 2.85. The van der Waals surface area contributed by atoms with Crippen LogP contribution in [0.1, 0.15) is 32.6 Å². The van der Waals surface area contributed by atoms with Crippen molar-refractivity contribution in [1.29, 1.82) is 0 Å². The number of benzene rings is 1. The van der Waals surface area contributed by atoms with E-state index in [-0.39, 0.29) is 0 Å². The summed E-state index contributed by atoms with van der Waals surface area (Å²) < 4.78 is 5.54. The lowest BCUT2D eigenvalue weighted by Crippen LogP contribution is -2.28. The molecular weight excluding hydrogens is 212 g/mol. The predicted molar refractivity (Wildman–Crippen MR) is 72.7 cm³/mol. The van der Waals surface area contributed by atoms with E-state index in [0.717, 1.165) is 11.4 Å². The quantitative estimate of drug-likeness (QED) is 0.814. The second kappa shape index (κ2) is 5.30. The Kier molecular flexibility index (Phi) is 3.77. The van der Waals surface area contributed by atoms with Crippen molar-refractivity contribution in [3.8, 4) is 5.75 Å². The molecule has 3 heteroatoms. The molecule has 0 amide bonds. The van der Waals surface area contributed by atoms with Gasteiger partial charge in [-0.3, -0.25) is 0 Å². The van der Waals surface area contributed by atoms with Crippen LogP contribution in [0, 0.1) is 0 Å². The van der Waals surface area contributed by atoms with Crippen molar-refractivity contribution in [3.05, 3.63) is 18.2 Å². The fraction of sp³-hybridized carbons (Fsp3) is 0.571. The van der Waals surface area contributed by atoms with Crippen LogP contribution in [0.5, 0.6) is 5.75 Å². The summed E-state index contributed by atoms with van der Waals surface area (Å²) in [7, 11) is 2.16. The third kappa shape index (κ3) is 2.65. The van der Waals surface area contributed by atoms with Crippen LogP contribution in [0.25, 0.3) is 0 Å². The van der Waals surface area contributed by atoms with Gasteiger partial charge in [-0.2, -0.15) is 0 Å². The first-order valence-corrected chi connectivity index (χ1v) is 6.47. The Bertz CT molecular complexity index is 372. The van der Waals surface area contributed by atoms with Gasteiger partial charge in [-0.25, -0.2) is 0 Å². The maximum atomic E-state index is 5.89. The zero-order valence-electron chi connectivity index (χ0n) is 10.8. The van der Waals surface area contributed by atoms with Crippen molar-refractivity contribution in [3.63, 3.8) is 0 Å². The zero-order chi connectivity index (χ0) is 12.3. The van der Waals surface area contributed by atoms with Crippen molar-refractivity contribution < 1.29 is 4.74 Å². The van der Waals surface area contributed by atoms with E-state index in [0.29, 0.717) is 12.6 Å². The summed E-state index contributed by atoms with van der Waals surface area (Å²) in [4.78, 5) is 2.36. The number of nitrogens with zero attached hydrogens (tertiary/aromatic N) is 1. The number of anilines is 2. The first kappa shape index (κ1) is 12.1. The molecule has 0 aliphatic heterocycles. The van der Waals surface area contributed by atoms with Crippen LogP contribution in [0.3, 0.4) is 0 Å². The molecule has 3 nitrogen and oxygen atoms in total. The standard InChI is InChI=1S/C14H22N2O/c1-3-17-14-10-12(8-9-13(14)15)16(2)11-6-4-5-7-11/h8-11H,3-7,15H2,1-2H3. The van der Waals surface area contributed by atoms with Gasteiger partial charge >= 0.3 is 0 Å². The average molecular weight is 234 g/mol. The van der Waals surface area contributed by atoms with E-state index in [1.165, 1.54) is 31.4 Å². The summed E-state index contributed by atoms with van der Waals surface area (Å²) >= 11 is 0. The van der Waals surface area contributed by atoms with Crippen LogP contribution in [-0.2, 0) is 0 Å². The monoisotopic (exact) mass is 234 g/mol. The SMILES string of the molecule is CCOc1cc(N(C)C2CCCC2)ccc1N. The highest BCUT2D eigenvalue weighted by atomic mass is 16.5. The van der Waals surface area contributed by atoms with E-state index in [2.05, 4.69) is 24.1 Å². The summed E-state index contributed by atoms with van der Waals surface area (Å²) in [6.07, 6.45) is 5.29. The van der Waals surface area contributed by atoms with Gasteiger partial charge < -0.3 is 15.4 Å². The Balaban J connectivity index is 2.16. The van der Waals surface area contributed by atoms with Crippen molar-refractivity contribution in [2.75, 3.05) is 24.3 Å². The molecule has 1 saturated carbocycles. The van der Waals surface area contributed by atoms with Crippen LogP contribution in [-0.4, -0.2) is 19.7 Å². The molecule has 0 aromatic heterocycles. The van der Waals surface area contributed by atoms with Gasteiger partial charge in [0.2, 0.25) is 0 Å². The maximum absolute atomic E-state index is 5.89. The molecular formula is C14H22N2O. The molecule has 1 aliphatic carbocycles. The second-order valence-electron chi connectivity index (χ2n) is 4.70. The van der Waals surface area contributed by atoms with Gasteiger partial charge in [-0.15, -0.1) is 0 Å². The normalized spacial score (nSPS) is 16.1. The lowest BCUT2D eigenvalue weighted by molar-refractivity contribution is 0.342. The molecule has 0 radical (unpaired) electrons. The Morgan fingerprint density at radius 2 is 2.06 bits per heavy atom. The highest BCUT2D eigenvalue weighted by Crippen LogP contribution is 2.31. The summed E-state index contributed by atoms with van der Waals surface area (Å²) in [5.74, 6) is 0.801. The topological polar surface area (TPSA) is 38.5 Å². The van der Waals surface area contributed by atoms with Crippen molar-refractivity contribution >= 4 is 11.4 Å². The third-order valence-electron chi connectivity index (χ3n) is 3.58. The molecule has 0 heterocycles. The number of hydrogen-bond acceptors (Lipinski definition) is 3. The second-order valence-corrected chi connectivity index (χ2v) is 4.70. The van der Waals surface area contributed by atoms with E-state index < -0.39 is 0 Å². The molecule has 1 aliphatic rings. The van der Waals surface area contributed by atoms with Crippen LogP contribution in [0.4, 0.5) is 11.4 Å². The van der Waals surface area contributed by atoms with Crippen molar-refractivity contribution in [1.82, 2.24) is 0 Å².